The van der Waals surface area contributed by atoms with Crippen LogP contribution in [0.5, 0.6) is 0 Å². The number of methoxy groups -OCH3 is 1. The average Bonchev–Trinajstić information content (AvgIpc) is 3.17. The van der Waals surface area contributed by atoms with Crippen molar-refractivity contribution in [1.82, 2.24) is 5.32 Å². The van der Waals surface area contributed by atoms with Crippen LogP contribution in [0, 0.1) is 24.6 Å². The monoisotopic (exact) mass is 396 g/mol. The molecular weight excluding hydrogens is 375 g/mol. The van der Waals surface area contributed by atoms with Crippen molar-refractivity contribution in [3.8, 4) is 0 Å². The second-order valence-electron chi connectivity index (χ2n) is 7.72. The average molecular weight is 396 g/mol. The minimum atomic E-state index is -1.38. The molecule has 0 radical (unpaired) electrons. The van der Waals surface area contributed by atoms with Crippen molar-refractivity contribution < 1.29 is 23.5 Å². The maximum Gasteiger partial charge on any atom is 0.326 e. The van der Waals surface area contributed by atoms with Crippen LogP contribution in [-0.4, -0.2) is 30.4 Å². The molecule has 0 unspecified atom stereocenters. The number of carbonyl (C=O) groups is 3. The Bertz CT molecular complexity index is 989. The minimum Gasteiger partial charge on any atom is -0.468 e. The van der Waals surface area contributed by atoms with Gasteiger partial charge in [-0.3, -0.25) is 19.7 Å². The number of hydrogen-bond donors (Lipinski definition) is 1. The molecule has 1 N–H and O–H groups in total. The summed E-state index contributed by atoms with van der Waals surface area (Å²) < 4.78 is 18.4. The number of rotatable bonds is 3. The number of carbonyl (C=O) groups excluding carboxylic acids is 3. The van der Waals surface area contributed by atoms with E-state index in [1.807, 2.05) is 19.1 Å². The van der Waals surface area contributed by atoms with Crippen LogP contribution in [0.25, 0.3) is 0 Å². The minimum absolute atomic E-state index is 0.390. The number of aryl methyl sites for hydroxylation is 1. The van der Waals surface area contributed by atoms with Crippen molar-refractivity contribution in [2.24, 2.45) is 11.8 Å². The molecule has 2 aliphatic rings. The van der Waals surface area contributed by atoms with E-state index >= 15 is 0 Å². The first-order valence-corrected chi connectivity index (χ1v) is 9.34. The van der Waals surface area contributed by atoms with Crippen molar-refractivity contribution in [3.63, 3.8) is 0 Å². The Morgan fingerprint density at radius 2 is 1.69 bits per heavy atom. The number of anilines is 1. The highest BCUT2D eigenvalue weighted by molar-refractivity contribution is 6.24. The molecule has 0 aromatic heterocycles. The molecular formula is C22H21FN2O4. The zero-order valence-electron chi connectivity index (χ0n) is 16.3. The molecule has 2 amide bonds. The Morgan fingerprint density at radius 1 is 1.07 bits per heavy atom. The number of amides is 2. The van der Waals surface area contributed by atoms with Gasteiger partial charge in [-0.1, -0.05) is 29.8 Å². The van der Waals surface area contributed by atoms with E-state index in [4.69, 9.17) is 4.74 Å². The Kier molecular flexibility index (Phi) is 4.50. The van der Waals surface area contributed by atoms with E-state index in [9.17, 15) is 18.8 Å². The second-order valence-corrected chi connectivity index (χ2v) is 7.72. The Hall–Kier alpha value is -3.06. The number of nitrogens with zero attached hydrogens (tertiary/aromatic N) is 1. The Morgan fingerprint density at radius 3 is 2.28 bits per heavy atom. The van der Waals surface area contributed by atoms with E-state index in [2.05, 4.69) is 5.32 Å². The molecule has 29 heavy (non-hydrogen) atoms. The lowest BCUT2D eigenvalue weighted by Gasteiger charge is -2.28. The quantitative estimate of drug-likeness (QED) is 0.637. The number of fused-ring (bicyclic) bond motifs is 1. The van der Waals surface area contributed by atoms with Gasteiger partial charge in [0, 0.05) is 6.04 Å². The van der Waals surface area contributed by atoms with Gasteiger partial charge in [0.2, 0.25) is 11.8 Å². The molecule has 150 valence electrons. The fraction of sp³-hybridized carbons (Fsp3) is 0.318. The largest absolute Gasteiger partial charge is 0.468 e. The standard InChI is InChI=1S/C22H21FN2O4/c1-12-4-10-15(11-5-12)25-19(26)16-17(20(25)27)22(2,21(28)29-3)24-18(16)13-6-8-14(23)9-7-13/h4-11,16-18,24H,1-3H3/t16-,17+,18-,22-/m1/s1. The van der Waals surface area contributed by atoms with Gasteiger partial charge in [0.1, 0.15) is 11.4 Å². The number of esters is 1. The molecule has 2 heterocycles. The van der Waals surface area contributed by atoms with Crippen LogP contribution in [0.2, 0.25) is 0 Å². The van der Waals surface area contributed by atoms with Crippen LogP contribution in [0.1, 0.15) is 24.1 Å². The van der Waals surface area contributed by atoms with Crippen molar-refractivity contribution in [1.29, 1.82) is 0 Å². The highest BCUT2D eigenvalue weighted by Gasteiger charge is 2.67. The van der Waals surface area contributed by atoms with Gasteiger partial charge in [0.25, 0.3) is 0 Å². The van der Waals surface area contributed by atoms with Gasteiger partial charge in [0.05, 0.1) is 24.6 Å². The summed E-state index contributed by atoms with van der Waals surface area (Å²) in [6, 6.07) is 12.1. The van der Waals surface area contributed by atoms with Gasteiger partial charge >= 0.3 is 5.97 Å². The number of imide groups is 1. The zero-order valence-corrected chi connectivity index (χ0v) is 16.3. The van der Waals surface area contributed by atoms with E-state index in [1.165, 1.54) is 19.2 Å². The Labute approximate surface area is 167 Å². The molecule has 0 spiro atoms. The number of benzene rings is 2. The summed E-state index contributed by atoms with van der Waals surface area (Å²) in [5, 5.41) is 3.13. The van der Waals surface area contributed by atoms with E-state index < -0.39 is 47.0 Å². The van der Waals surface area contributed by atoms with Crippen molar-refractivity contribution in [2.75, 3.05) is 12.0 Å². The predicted molar refractivity (Wildman–Crippen MR) is 103 cm³/mol. The molecule has 2 saturated heterocycles. The summed E-state index contributed by atoms with van der Waals surface area (Å²) in [5.41, 5.74) is 0.703. The molecule has 7 heteroatoms. The molecule has 0 aliphatic carbocycles. The summed E-state index contributed by atoms with van der Waals surface area (Å²) in [4.78, 5) is 40.5. The number of ether oxygens (including phenoxy) is 1. The Balaban J connectivity index is 1.81. The van der Waals surface area contributed by atoms with Crippen LogP contribution >= 0.6 is 0 Å². The normalized spacial score (nSPS) is 28.6. The van der Waals surface area contributed by atoms with E-state index in [0.717, 1.165) is 10.5 Å². The molecule has 4 rings (SSSR count). The topological polar surface area (TPSA) is 75.7 Å². The SMILES string of the molecule is COC(=O)[C@]1(C)N[C@H](c2ccc(F)cc2)[C@@H]2C(=O)N(c3ccc(C)cc3)C(=O)[C@H]21. The maximum atomic E-state index is 13.4. The van der Waals surface area contributed by atoms with Gasteiger partial charge in [0.15, 0.2) is 0 Å². The maximum absolute atomic E-state index is 13.4. The lowest BCUT2D eigenvalue weighted by atomic mass is 9.80. The fourth-order valence-electron chi connectivity index (χ4n) is 4.44. The van der Waals surface area contributed by atoms with Crippen molar-refractivity contribution in [3.05, 3.63) is 65.5 Å². The first-order chi connectivity index (χ1) is 13.8. The van der Waals surface area contributed by atoms with Crippen molar-refractivity contribution in [2.45, 2.75) is 25.4 Å². The molecule has 0 bridgehead atoms. The summed E-state index contributed by atoms with van der Waals surface area (Å²) in [6.07, 6.45) is 0. The molecule has 2 aromatic carbocycles. The first-order valence-electron chi connectivity index (χ1n) is 9.34. The third-order valence-electron chi connectivity index (χ3n) is 5.92. The van der Waals surface area contributed by atoms with Gasteiger partial charge in [-0.05, 0) is 43.7 Å². The summed E-state index contributed by atoms with van der Waals surface area (Å²) in [6.45, 7) is 3.48. The highest BCUT2D eigenvalue weighted by Crippen LogP contribution is 2.49. The molecule has 6 nitrogen and oxygen atoms in total. The predicted octanol–water partition coefficient (Wildman–Crippen LogP) is 2.52. The van der Waals surface area contributed by atoms with Gasteiger partial charge < -0.3 is 4.74 Å². The zero-order chi connectivity index (χ0) is 20.9. The fourth-order valence-corrected chi connectivity index (χ4v) is 4.44. The van der Waals surface area contributed by atoms with E-state index in [1.54, 1.807) is 31.2 Å². The molecule has 2 aromatic rings. The molecule has 0 saturated carbocycles. The van der Waals surface area contributed by atoms with Crippen LogP contribution < -0.4 is 10.2 Å². The molecule has 4 atom stereocenters. The smallest absolute Gasteiger partial charge is 0.326 e. The second kappa shape index (κ2) is 6.77. The van der Waals surface area contributed by atoms with Crippen LogP contribution in [-0.2, 0) is 19.1 Å². The summed E-state index contributed by atoms with van der Waals surface area (Å²) >= 11 is 0. The van der Waals surface area contributed by atoms with Crippen LogP contribution in [0.15, 0.2) is 48.5 Å². The highest BCUT2D eigenvalue weighted by atomic mass is 19.1. The molecule has 2 fully saturated rings. The van der Waals surface area contributed by atoms with Gasteiger partial charge in [-0.2, -0.15) is 0 Å². The number of halogens is 1. The molecule has 2 aliphatic heterocycles. The number of nitrogens with one attached hydrogen (secondary N) is 1. The summed E-state index contributed by atoms with van der Waals surface area (Å²) in [5.74, 6) is -3.61. The third-order valence-corrected chi connectivity index (χ3v) is 5.92. The van der Waals surface area contributed by atoms with Crippen LogP contribution in [0.4, 0.5) is 10.1 Å². The first kappa shape index (κ1) is 19.3. The van der Waals surface area contributed by atoms with Crippen molar-refractivity contribution >= 4 is 23.5 Å². The van der Waals surface area contributed by atoms with E-state index in [0.29, 0.717) is 11.3 Å². The van der Waals surface area contributed by atoms with Gasteiger partial charge in [-0.15, -0.1) is 0 Å². The lowest BCUT2D eigenvalue weighted by Crippen LogP contribution is -2.54. The summed E-state index contributed by atoms with van der Waals surface area (Å²) in [7, 11) is 1.24. The van der Waals surface area contributed by atoms with Gasteiger partial charge in [-0.25, -0.2) is 9.29 Å². The van der Waals surface area contributed by atoms with Crippen LogP contribution in [0.3, 0.4) is 0 Å². The number of hydrogen-bond acceptors (Lipinski definition) is 5. The third kappa shape index (κ3) is 2.84. The van der Waals surface area contributed by atoms with E-state index in [-0.39, 0.29) is 0 Å². The lowest BCUT2D eigenvalue weighted by molar-refractivity contribution is -0.151.